The number of alkyl halides is 3. The molecule has 0 radical (unpaired) electrons. The summed E-state index contributed by atoms with van der Waals surface area (Å²) in [7, 11) is 0. The van der Waals surface area contributed by atoms with Crippen LogP contribution >= 0.6 is 0 Å². The van der Waals surface area contributed by atoms with Crippen LogP contribution < -0.4 is 0 Å². The van der Waals surface area contributed by atoms with Gasteiger partial charge in [-0.05, 0) is 22.6 Å². The van der Waals surface area contributed by atoms with Crippen LogP contribution in [0.3, 0.4) is 0 Å². The third-order valence-corrected chi connectivity index (χ3v) is 4.95. The topological polar surface area (TPSA) is 38.0 Å². The summed E-state index contributed by atoms with van der Waals surface area (Å²) in [5.41, 5.74) is -1.09. The monoisotopic (exact) mass is 372 g/mol. The Kier molecular flexibility index (Phi) is 3.93. The smallest absolute Gasteiger partial charge is 0.372 e. The third kappa shape index (κ3) is 2.58. The molecule has 0 aliphatic heterocycles. The first-order valence-electron chi connectivity index (χ1n) is 8.78. The molecule has 1 N–H and O–H groups in total. The van der Waals surface area contributed by atoms with Gasteiger partial charge in [0.25, 0.3) is 0 Å². The molecule has 4 rings (SSSR count). The average molecular weight is 372 g/mol. The maximum atomic E-state index is 13.9. The molecular formula is C21H19F3N2O. The fourth-order valence-corrected chi connectivity index (χ4v) is 3.83. The van der Waals surface area contributed by atoms with Crippen molar-refractivity contribution in [2.75, 3.05) is 0 Å². The molecule has 0 bridgehead atoms. The van der Waals surface area contributed by atoms with Crippen LogP contribution in [-0.2, 0) is 12.1 Å². The van der Waals surface area contributed by atoms with Crippen molar-refractivity contribution >= 4 is 0 Å². The van der Waals surface area contributed by atoms with Crippen LogP contribution in [0, 0.1) is 5.92 Å². The summed E-state index contributed by atoms with van der Waals surface area (Å²) in [6, 6.07) is 10.8. The predicted molar refractivity (Wildman–Crippen MR) is 97.0 cm³/mol. The van der Waals surface area contributed by atoms with E-state index in [1.165, 1.54) is 18.2 Å². The van der Waals surface area contributed by atoms with Gasteiger partial charge in [0.2, 0.25) is 5.60 Å². The molecule has 0 unspecified atom stereocenters. The summed E-state index contributed by atoms with van der Waals surface area (Å²) in [5.74, 6) is 0.398. The van der Waals surface area contributed by atoms with Crippen LogP contribution in [0.1, 0.15) is 25.0 Å². The second kappa shape index (κ2) is 5.96. The highest BCUT2D eigenvalue weighted by Crippen LogP contribution is 2.56. The molecule has 1 aliphatic rings. The number of rotatable bonds is 3. The molecule has 3 aromatic rings. The second-order valence-electron chi connectivity index (χ2n) is 7.33. The summed E-state index contributed by atoms with van der Waals surface area (Å²) in [6.45, 7) is 4.86. The highest BCUT2D eigenvalue weighted by molar-refractivity contribution is 5.92. The summed E-state index contributed by atoms with van der Waals surface area (Å²) >= 11 is 0. The predicted octanol–water partition coefficient (Wildman–Crippen LogP) is 4.98. The highest BCUT2D eigenvalue weighted by Gasteiger charge is 2.61. The molecule has 1 heterocycles. The largest absolute Gasteiger partial charge is 0.425 e. The number of aliphatic hydroxyl groups is 1. The van der Waals surface area contributed by atoms with E-state index in [1.54, 1.807) is 35.1 Å². The minimum absolute atomic E-state index is 0.130. The van der Waals surface area contributed by atoms with Gasteiger partial charge in [0.1, 0.15) is 0 Å². The first-order valence-corrected chi connectivity index (χ1v) is 8.78. The van der Waals surface area contributed by atoms with E-state index < -0.39 is 11.8 Å². The van der Waals surface area contributed by atoms with E-state index in [2.05, 4.69) is 18.9 Å². The molecule has 0 fully saturated rings. The average Bonchev–Trinajstić information content (AvgIpc) is 3.16. The molecule has 2 aromatic carbocycles. The fraction of sp³-hybridized carbons (Fsp3) is 0.286. The van der Waals surface area contributed by atoms with Crippen LogP contribution in [0.15, 0.2) is 54.9 Å². The van der Waals surface area contributed by atoms with E-state index in [0.29, 0.717) is 22.6 Å². The summed E-state index contributed by atoms with van der Waals surface area (Å²) in [5, 5.41) is 15.1. The number of hydrogen-bond donors (Lipinski definition) is 1. The zero-order valence-electron chi connectivity index (χ0n) is 15.0. The lowest BCUT2D eigenvalue weighted by Crippen LogP contribution is -2.41. The number of hydrogen-bond acceptors (Lipinski definition) is 2. The number of aromatic nitrogens is 2. The lowest BCUT2D eigenvalue weighted by Gasteiger charge is -2.28. The lowest BCUT2D eigenvalue weighted by molar-refractivity contribution is -0.246. The zero-order chi connectivity index (χ0) is 19.4. The van der Waals surface area contributed by atoms with Crippen molar-refractivity contribution in [2.24, 2.45) is 5.92 Å². The van der Waals surface area contributed by atoms with Crippen LogP contribution in [0.4, 0.5) is 13.2 Å². The SMILES string of the molecule is CC(C)Cn1cc(-c2cccc3c2-c2ccccc2[C@@]3(O)C(F)(F)F)cn1. The van der Waals surface area contributed by atoms with Crippen molar-refractivity contribution < 1.29 is 18.3 Å². The van der Waals surface area contributed by atoms with Crippen molar-refractivity contribution in [1.29, 1.82) is 0 Å². The van der Waals surface area contributed by atoms with Gasteiger partial charge in [-0.15, -0.1) is 0 Å². The van der Waals surface area contributed by atoms with Crippen molar-refractivity contribution in [3.63, 3.8) is 0 Å². The van der Waals surface area contributed by atoms with E-state index >= 15 is 0 Å². The van der Waals surface area contributed by atoms with E-state index in [1.807, 2.05) is 6.20 Å². The van der Waals surface area contributed by atoms with Gasteiger partial charge in [-0.3, -0.25) is 4.68 Å². The molecule has 0 saturated heterocycles. The van der Waals surface area contributed by atoms with E-state index in [0.717, 1.165) is 12.1 Å². The van der Waals surface area contributed by atoms with E-state index in [-0.39, 0.29) is 11.1 Å². The Hall–Kier alpha value is -2.60. The first-order chi connectivity index (χ1) is 12.7. The van der Waals surface area contributed by atoms with Gasteiger partial charge in [-0.25, -0.2) is 0 Å². The van der Waals surface area contributed by atoms with Crippen LogP contribution in [-0.4, -0.2) is 21.1 Å². The van der Waals surface area contributed by atoms with Crippen molar-refractivity contribution in [2.45, 2.75) is 32.2 Å². The van der Waals surface area contributed by atoms with E-state index in [4.69, 9.17) is 0 Å². The van der Waals surface area contributed by atoms with Crippen molar-refractivity contribution in [1.82, 2.24) is 9.78 Å². The Morgan fingerprint density at radius 2 is 1.70 bits per heavy atom. The standard InChI is InChI=1S/C21H19F3N2O/c1-13(2)11-26-12-14(10-25-26)15-7-5-9-18-19(15)16-6-3-4-8-17(16)20(18,27)21(22,23)24/h3-10,12-13,27H,11H2,1-2H3/t20-/m0/s1. The first kappa shape index (κ1) is 17.8. The van der Waals surface area contributed by atoms with Gasteiger partial charge in [0, 0.05) is 29.4 Å². The minimum Gasteiger partial charge on any atom is -0.372 e. The molecule has 27 heavy (non-hydrogen) atoms. The van der Waals surface area contributed by atoms with Gasteiger partial charge in [0.15, 0.2) is 0 Å². The van der Waals surface area contributed by atoms with Gasteiger partial charge >= 0.3 is 6.18 Å². The number of halogens is 3. The fourth-order valence-electron chi connectivity index (χ4n) is 3.83. The van der Waals surface area contributed by atoms with Gasteiger partial charge < -0.3 is 5.11 Å². The Morgan fingerprint density at radius 3 is 2.41 bits per heavy atom. The summed E-state index contributed by atoms with van der Waals surface area (Å²) in [4.78, 5) is 0. The highest BCUT2D eigenvalue weighted by atomic mass is 19.4. The molecule has 1 aliphatic carbocycles. The Balaban J connectivity index is 1.95. The number of benzene rings is 2. The molecule has 6 heteroatoms. The number of fused-ring (bicyclic) bond motifs is 3. The maximum absolute atomic E-state index is 13.9. The van der Waals surface area contributed by atoms with Crippen molar-refractivity contribution in [3.8, 4) is 22.3 Å². The summed E-state index contributed by atoms with van der Waals surface area (Å²) in [6.07, 6.45) is -1.33. The maximum Gasteiger partial charge on any atom is 0.425 e. The molecule has 1 aromatic heterocycles. The molecule has 0 spiro atoms. The molecule has 0 saturated carbocycles. The quantitative estimate of drug-likeness (QED) is 0.704. The number of nitrogens with zero attached hydrogens (tertiary/aromatic N) is 2. The molecule has 0 amide bonds. The Labute approximate surface area is 155 Å². The lowest BCUT2D eigenvalue weighted by atomic mass is 9.89. The second-order valence-corrected chi connectivity index (χ2v) is 7.33. The Bertz CT molecular complexity index is 1010. The van der Waals surface area contributed by atoms with Crippen LogP contribution in [0.25, 0.3) is 22.3 Å². The molecule has 1 atom stereocenters. The minimum atomic E-state index is -4.82. The van der Waals surface area contributed by atoms with Crippen molar-refractivity contribution in [3.05, 3.63) is 66.0 Å². The van der Waals surface area contributed by atoms with Gasteiger partial charge in [0.05, 0.1) is 6.20 Å². The molecular weight excluding hydrogens is 353 g/mol. The third-order valence-electron chi connectivity index (χ3n) is 4.95. The van der Waals surface area contributed by atoms with Crippen LogP contribution in [0.2, 0.25) is 0 Å². The van der Waals surface area contributed by atoms with Gasteiger partial charge in [-0.1, -0.05) is 56.3 Å². The molecule has 3 nitrogen and oxygen atoms in total. The normalized spacial score (nSPS) is 18.6. The van der Waals surface area contributed by atoms with E-state index in [9.17, 15) is 18.3 Å². The van der Waals surface area contributed by atoms with Gasteiger partial charge in [-0.2, -0.15) is 18.3 Å². The molecule has 140 valence electrons. The zero-order valence-corrected chi connectivity index (χ0v) is 15.0. The summed E-state index contributed by atoms with van der Waals surface area (Å²) < 4.78 is 43.5. The Morgan fingerprint density at radius 1 is 1.04 bits per heavy atom. The van der Waals surface area contributed by atoms with Crippen LogP contribution in [0.5, 0.6) is 0 Å².